The van der Waals surface area contributed by atoms with E-state index in [0.29, 0.717) is 18.1 Å². The van der Waals surface area contributed by atoms with E-state index in [1.165, 1.54) is 62.5 Å². The van der Waals surface area contributed by atoms with Gasteiger partial charge in [-0.15, -0.1) is 0 Å². The van der Waals surface area contributed by atoms with Gasteiger partial charge in [-0.05, 0) is 62.5 Å². The summed E-state index contributed by atoms with van der Waals surface area (Å²) in [5.41, 5.74) is 2.82. The average molecular weight is 369 g/mol. The smallest absolute Gasteiger partial charge is 0.0576 e. The molecule has 2 aliphatic rings. The van der Waals surface area contributed by atoms with Crippen molar-refractivity contribution in [1.29, 1.82) is 0 Å². The van der Waals surface area contributed by atoms with Gasteiger partial charge in [0.25, 0.3) is 0 Å². The van der Waals surface area contributed by atoms with Crippen molar-refractivity contribution < 1.29 is 0 Å². The Balaban J connectivity index is 1.79. The molecule has 4 atom stereocenters. The zero-order valence-corrected chi connectivity index (χ0v) is 17.7. The first-order valence-electron chi connectivity index (χ1n) is 11.4. The largest absolute Gasteiger partial charge is 0.302 e. The van der Waals surface area contributed by atoms with Gasteiger partial charge in [-0.1, -0.05) is 81.5 Å². The second-order valence-corrected chi connectivity index (χ2v) is 9.19. The van der Waals surface area contributed by atoms with Gasteiger partial charge in [0.15, 0.2) is 0 Å². The maximum atomic E-state index is 4.06. The molecule has 1 aliphatic heterocycles. The van der Waals surface area contributed by atoms with Crippen LogP contribution in [-0.2, 0) is 0 Å². The summed E-state index contributed by atoms with van der Waals surface area (Å²) >= 11 is 0. The summed E-state index contributed by atoms with van der Waals surface area (Å²) in [6, 6.07) is 9.56. The highest BCUT2D eigenvalue weighted by molar-refractivity contribution is 5.27. The zero-order chi connectivity index (χ0) is 19.1. The van der Waals surface area contributed by atoms with Crippen molar-refractivity contribution in [1.82, 2.24) is 10.6 Å². The molecule has 3 rings (SSSR count). The first-order valence-corrected chi connectivity index (χ1v) is 11.4. The topological polar surface area (TPSA) is 24.1 Å². The summed E-state index contributed by atoms with van der Waals surface area (Å²) < 4.78 is 0. The van der Waals surface area contributed by atoms with E-state index in [4.69, 9.17) is 0 Å². The molecule has 1 fully saturated rings. The van der Waals surface area contributed by atoms with Crippen molar-refractivity contribution in [3.63, 3.8) is 0 Å². The normalized spacial score (nSPS) is 28.4. The molecule has 1 aliphatic carbocycles. The van der Waals surface area contributed by atoms with E-state index in [1.54, 1.807) is 0 Å². The van der Waals surface area contributed by atoms with Crippen LogP contribution in [0.4, 0.5) is 0 Å². The fraction of sp³-hybridized carbons (Fsp3) is 0.680. The van der Waals surface area contributed by atoms with Crippen molar-refractivity contribution in [2.75, 3.05) is 6.54 Å². The molecule has 2 N–H and O–H groups in total. The van der Waals surface area contributed by atoms with Crippen LogP contribution in [0.1, 0.15) is 82.4 Å². The molecule has 150 valence electrons. The Morgan fingerprint density at radius 1 is 1.07 bits per heavy atom. The highest BCUT2D eigenvalue weighted by atomic mass is 15.1. The molecule has 4 unspecified atom stereocenters. The molecule has 1 heterocycles. The lowest BCUT2D eigenvalue weighted by atomic mass is 9.76. The van der Waals surface area contributed by atoms with Crippen LogP contribution in [0.25, 0.3) is 0 Å². The van der Waals surface area contributed by atoms with Crippen molar-refractivity contribution in [3.05, 3.63) is 47.5 Å². The number of hydrogen-bond acceptors (Lipinski definition) is 2. The summed E-state index contributed by atoms with van der Waals surface area (Å²) in [6.45, 7) is 8.13. The summed E-state index contributed by atoms with van der Waals surface area (Å²) in [5.74, 6) is 2.16. The van der Waals surface area contributed by atoms with Crippen LogP contribution < -0.4 is 10.6 Å². The number of benzene rings is 1. The Labute approximate surface area is 167 Å². The minimum atomic E-state index is 0.404. The van der Waals surface area contributed by atoms with Crippen molar-refractivity contribution in [3.8, 4) is 0 Å². The van der Waals surface area contributed by atoms with Gasteiger partial charge >= 0.3 is 0 Å². The lowest BCUT2D eigenvalue weighted by molar-refractivity contribution is 0.244. The maximum absolute atomic E-state index is 4.06. The summed E-state index contributed by atoms with van der Waals surface area (Å²) in [7, 11) is 0. The highest BCUT2D eigenvalue weighted by Gasteiger charge is 2.29. The van der Waals surface area contributed by atoms with Gasteiger partial charge in [-0.25, -0.2) is 0 Å². The summed E-state index contributed by atoms with van der Waals surface area (Å²) in [4.78, 5) is 0. The predicted octanol–water partition coefficient (Wildman–Crippen LogP) is 6.13. The van der Waals surface area contributed by atoms with Crippen molar-refractivity contribution >= 4 is 0 Å². The number of rotatable bonds is 5. The van der Waals surface area contributed by atoms with Gasteiger partial charge in [0, 0.05) is 6.04 Å². The monoisotopic (exact) mass is 368 g/mol. The molecule has 0 aromatic heterocycles. The molecule has 2 heteroatoms. The highest BCUT2D eigenvalue weighted by Crippen LogP contribution is 2.37. The first-order chi connectivity index (χ1) is 13.1. The Bertz CT molecular complexity index is 582. The van der Waals surface area contributed by atoms with E-state index in [9.17, 15) is 0 Å². The maximum Gasteiger partial charge on any atom is 0.0576 e. The van der Waals surface area contributed by atoms with Crippen LogP contribution in [0, 0.1) is 24.7 Å². The molecule has 1 aromatic rings. The third-order valence-corrected chi connectivity index (χ3v) is 6.61. The van der Waals surface area contributed by atoms with Gasteiger partial charge in [-0.3, -0.25) is 5.32 Å². The van der Waals surface area contributed by atoms with Crippen LogP contribution in [0.3, 0.4) is 0 Å². The standard InChI is InChI=1S/C25H40N2/c1-19(2)21-12-10-14-23(18-21)25(22-13-9-11-20(3)17-22)27-24-15-7-5-4-6-8-16-26-24/h9-11,13-14,17,19,21,23-27H,4-8,12,15-16,18H2,1-3H3. The fourth-order valence-corrected chi connectivity index (χ4v) is 4.82. The number of aryl methyl sites for hydroxylation is 1. The lowest BCUT2D eigenvalue weighted by Gasteiger charge is -2.36. The molecule has 2 nitrogen and oxygen atoms in total. The summed E-state index contributed by atoms with van der Waals surface area (Å²) in [6.07, 6.45) is 16.0. The minimum absolute atomic E-state index is 0.404. The van der Waals surface area contributed by atoms with E-state index in [0.717, 1.165) is 18.4 Å². The molecule has 0 spiro atoms. The van der Waals surface area contributed by atoms with Gasteiger partial charge < -0.3 is 5.32 Å². The quantitative estimate of drug-likeness (QED) is 0.611. The Morgan fingerprint density at radius 2 is 1.89 bits per heavy atom. The SMILES string of the molecule is Cc1cccc(C(NC2CCCCCCCN2)C2C=CCC(C(C)C)C2)c1. The predicted molar refractivity (Wildman–Crippen MR) is 117 cm³/mol. The second-order valence-electron chi connectivity index (χ2n) is 9.19. The molecule has 0 amide bonds. The molecule has 27 heavy (non-hydrogen) atoms. The van der Waals surface area contributed by atoms with Gasteiger partial charge in [0.05, 0.1) is 6.17 Å². The van der Waals surface area contributed by atoms with Crippen LogP contribution in [0.15, 0.2) is 36.4 Å². The molecule has 0 saturated carbocycles. The molecule has 0 bridgehead atoms. The number of hydrogen-bond donors (Lipinski definition) is 2. The molecule has 1 saturated heterocycles. The number of allylic oxidation sites excluding steroid dienone is 1. The molecular weight excluding hydrogens is 328 g/mol. The van der Waals surface area contributed by atoms with E-state index < -0.39 is 0 Å². The van der Waals surface area contributed by atoms with Crippen LogP contribution >= 0.6 is 0 Å². The van der Waals surface area contributed by atoms with E-state index in [2.05, 4.69) is 67.8 Å². The van der Waals surface area contributed by atoms with E-state index in [1.807, 2.05) is 0 Å². The van der Waals surface area contributed by atoms with Crippen LogP contribution in [-0.4, -0.2) is 12.7 Å². The molecular formula is C25H40N2. The van der Waals surface area contributed by atoms with Crippen LogP contribution in [0.2, 0.25) is 0 Å². The van der Waals surface area contributed by atoms with Crippen LogP contribution in [0.5, 0.6) is 0 Å². The zero-order valence-electron chi connectivity index (χ0n) is 17.7. The van der Waals surface area contributed by atoms with E-state index in [-0.39, 0.29) is 0 Å². The Morgan fingerprint density at radius 3 is 2.70 bits per heavy atom. The first kappa shape index (κ1) is 20.6. The third-order valence-electron chi connectivity index (χ3n) is 6.61. The van der Waals surface area contributed by atoms with Gasteiger partial charge in [0.1, 0.15) is 0 Å². The van der Waals surface area contributed by atoms with Crippen molar-refractivity contribution in [2.24, 2.45) is 17.8 Å². The average Bonchev–Trinajstić information content (AvgIpc) is 2.80. The third kappa shape index (κ3) is 6.19. The minimum Gasteiger partial charge on any atom is -0.302 e. The molecule has 0 radical (unpaired) electrons. The van der Waals surface area contributed by atoms with Gasteiger partial charge in [0.2, 0.25) is 0 Å². The second kappa shape index (κ2) is 10.4. The Hall–Kier alpha value is -1.12. The van der Waals surface area contributed by atoms with Crippen molar-refractivity contribution in [2.45, 2.75) is 84.3 Å². The lowest BCUT2D eigenvalue weighted by Crippen LogP contribution is -2.46. The Kier molecular flexibility index (Phi) is 7.96. The van der Waals surface area contributed by atoms with Gasteiger partial charge in [-0.2, -0.15) is 0 Å². The fourth-order valence-electron chi connectivity index (χ4n) is 4.82. The molecule has 1 aromatic carbocycles. The van der Waals surface area contributed by atoms with E-state index >= 15 is 0 Å². The summed E-state index contributed by atoms with van der Waals surface area (Å²) in [5, 5.41) is 7.88. The number of nitrogens with one attached hydrogen (secondary N) is 2.